The van der Waals surface area contributed by atoms with Gasteiger partial charge in [0.15, 0.2) is 10.8 Å². The predicted molar refractivity (Wildman–Crippen MR) is 75.5 cm³/mol. The van der Waals surface area contributed by atoms with E-state index >= 15 is 0 Å². The molecule has 5 nitrogen and oxygen atoms in total. The summed E-state index contributed by atoms with van der Waals surface area (Å²) in [6.07, 6.45) is 3.76. The summed E-state index contributed by atoms with van der Waals surface area (Å²) in [4.78, 5) is 5.34. The Balaban J connectivity index is 1.90. The van der Waals surface area contributed by atoms with Crippen molar-refractivity contribution in [2.24, 2.45) is 0 Å². The largest absolute Gasteiger partial charge is 0.370 e. The van der Waals surface area contributed by atoms with Crippen molar-refractivity contribution in [1.29, 1.82) is 0 Å². The molecule has 3 aromatic rings. The van der Waals surface area contributed by atoms with Gasteiger partial charge in [0.1, 0.15) is 5.82 Å². The van der Waals surface area contributed by atoms with Gasteiger partial charge in [-0.3, -0.25) is 4.40 Å². The topological polar surface area (TPSA) is 55.1 Å². The van der Waals surface area contributed by atoms with Crippen LogP contribution in [-0.2, 0) is 0 Å². The third-order valence-corrected chi connectivity index (χ3v) is 3.53. The Labute approximate surface area is 115 Å². The van der Waals surface area contributed by atoms with Gasteiger partial charge < -0.3 is 5.32 Å². The Kier molecular flexibility index (Phi) is 3.33. The molecule has 19 heavy (non-hydrogen) atoms. The Hall–Kier alpha value is -2.08. The highest BCUT2D eigenvalue weighted by molar-refractivity contribution is 7.99. The summed E-state index contributed by atoms with van der Waals surface area (Å²) in [7, 11) is 0. The van der Waals surface area contributed by atoms with Crippen LogP contribution in [0.1, 0.15) is 6.92 Å². The van der Waals surface area contributed by atoms with E-state index < -0.39 is 0 Å². The smallest absolute Gasteiger partial charge is 0.200 e. The van der Waals surface area contributed by atoms with Crippen LogP contribution in [-0.4, -0.2) is 26.1 Å². The molecule has 1 N–H and O–H groups in total. The second kappa shape index (κ2) is 5.27. The van der Waals surface area contributed by atoms with Crippen LogP contribution in [0.25, 0.3) is 5.65 Å². The molecule has 0 atom stereocenters. The normalized spacial score (nSPS) is 10.8. The van der Waals surface area contributed by atoms with E-state index in [1.165, 1.54) is 0 Å². The number of pyridine rings is 2. The van der Waals surface area contributed by atoms with Crippen molar-refractivity contribution >= 4 is 23.2 Å². The molecule has 0 bridgehead atoms. The van der Waals surface area contributed by atoms with Crippen molar-refractivity contribution in [2.45, 2.75) is 17.0 Å². The fraction of sp³-hybridized carbons (Fsp3) is 0.154. The number of nitrogens with zero attached hydrogens (tertiary/aromatic N) is 4. The molecule has 6 heteroatoms. The first-order valence-corrected chi connectivity index (χ1v) is 6.86. The monoisotopic (exact) mass is 271 g/mol. The summed E-state index contributed by atoms with van der Waals surface area (Å²) < 4.78 is 1.97. The molecule has 0 fully saturated rings. The molecule has 0 aliphatic carbocycles. The lowest BCUT2D eigenvalue weighted by Gasteiger charge is -2.04. The highest BCUT2D eigenvalue weighted by Crippen LogP contribution is 2.27. The molecular weight excluding hydrogens is 258 g/mol. The fourth-order valence-electron chi connectivity index (χ4n) is 1.75. The molecule has 0 saturated heterocycles. The van der Waals surface area contributed by atoms with Crippen LogP contribution >= 0.6 is 11.8 Å². The maximum Gasteiger partial charge on any atom is 0.200 e. The van der Waals surface area contributed by atoms with Gasteiger partial charge >= 0.3 is 0 Å². The van der Waals surface area contributed by atoms with E-state index in [1.807, 2.05) is 47.9 Å². The van der Waals surface area contributed by atoms with E-state index in [4.69, 9.17) is 0 Å². The lowest BCUT2D eigenvalue weighted by atomic mass is 10.4. The number of aromatic nitrogens is 4. The standard InChI is InChI=1S/C13H13N5S/c1-2-14-11-9-10(6-7-15-11)19-13-17-16-12-5-3-4-8-18(12)13/h3-9H,2H2,1H3,(H,14,15). The van der Waals surface area contributed by atoms with Crippen LogP contribution in [0.5, 0.6) is 0 Å². The van der Waals surface area contributed by atoms with Gasteiger partial charge in [0.2, 0.25) is 0 Å². The molecule has 3 rings (SSSR count). The molecule has 0 spiro atoms. The van der Waals surface area contributed by atoms with Crippen LogP contribution in [0.3, 0.4) is 0 Å². The minimum Gasteiger partial charge on any atom is -0.370 e. The number of hydrogen-bond acceptors (Lipinski definition) is 5. The first-order chi connectivity index (χ1) is 9.36. The van der Waals surface area contributed by atoms with Crippen molar-refractivity contribution in [2.75, 3.05) is 11.9 Å². The highest BCUT2D eigenvalue weighted by Gasteiger charge is 2.07. The fourth-order valence-corrected chi connectivity index (χ4v) is 2.59. The molecule has 96 valence electrons. The number of hydrogen-bond donors (Lipinski definition) is 1. The molecule has 3 aromatic heterocycles. The van der Waals surface area contributed by atoms with Crippen LogP contribution in [0.4, 0.5) is 5.82 Å². The zero-order chi connectivity index (χ0) is 13.1. The predicted octanol–water partition coefficient (Wildman–Crippen LogP) is 2.71. The summed E-state index contributed by atoms with van der Waals surface area (Å²) in [6, 6.07) is 9.84. The Morgan fingerprint density at radius 3 is 3.11 bits per heavy atom. The second-order valence-electron chi connectivity index (χ2n) is 3.92. The summed E-state index contributed by atoms with van der Waals surface area (Å²) >= 11 is 1.57. The van der Waals surface area contributed by atoms with E-state index in [2.05, 4.69) is 20.5 Å². The van der Waals surface area contributed by atoms with Crippen molar-refractivity contribution < 1.29 is 0 Å². The van der Waals surface area contributed by atoms with Gasteiger partial charge in [0.25, 0.3) is 0 Å². The summed E-state index contributed by atoms with van der Waals surface area (Å²) in [5, 5.41) is 12.4. The third kappa shape index (κ3) is 2.53. The molecule has 0 saturated carbocycles. The van der Waals surface area contributed by atoms with Gasteiger partial charge in [-0.15, -0.1) is 10.2 Å². The van der Waals surface area contributed by atoms with Gasteiger partial charge in [0.05, 0.1) is 0 Å². The van der Waals surface area contributed by atoms with Crippen LogP contribution in [0.15, 0.2) is 52.8 Å². The van der Waals surface area contributed by atoms with Crippen LogP contribution in [0.2, 0.25) is 0 Å². The number of rotatable bonds is 4. The van der Waals surface area contributed by atoms with E-state index in [9.17, 15) is 0 Å². The number of anilines is 1. The number of nitrogens with one attached hydrogen (secondary N) is 1. The van der Waals surface area contributed by atoms with E-state index in [0.29, 0.717) is 0 Å². The molecule has 0 amide bonds. The average molecular weight is 271 g/mol. The lowest BCUT2D eigenvalue weighted by molar-refractivity contribution is 0.921. The van der Waals surface area contributed by atoms with Crippen molar-refractivity contribution in [1.82, 2.24) is 19.6 Å². The zero-order valence-corrected chi connectivity index (χ0v) is 11.3. The highest BCUT2D eigenvalue weighted by atomic mass is 32.2. The Morgan fingerprint density at radius 2 is 2.21 bits per heavy atom. The maximum atomic E-state index is 4.25. The number of fused-ring (bicyclic) bond motifs is 1. The summed E-state index contributed by atoms with van der Waals surface area (Å²) in [5.74, 6) is 0.876. The SMILES string of the molecule is CCNc1cc(Sc2nnc3ccccn23)ccn1. The van der Waals surface area contributed by atoms with Gasteiger partial charge in [-0.2, -0.15) is 0 Å². The summed E-state index contributed by atoms with van der Waals surface area (Å²) in [6.45, 7) is 2.91. The third-order valence-electron chi connectivity index (χ3n) is 2.58. The van der Waals surface area contributed by atoms with Gasteiger partial charge in [-0.1, -0.05) is 6.07 Å². The van der Waals surface area contributed by atoms with Crippen LogP contribution in [0, 0.1) is 0 Å². The molecule has 0 radical (unpaired) electrons. The molecule has 0 aliphatic heterocycles. The minimum absolute atomic E-state index is 0.851. The maximum absolute atomic E-state index is 4.25. The van der Waals surface area contributed by atoms with E-state index in [1.54, 1.807) is 18.0 Å². The first kappa shape index (κ1) is 12.0. The Morgan fingerprint density at radius 1 is 1.26 bits per heavy atom. The first-order valence-electron chi connectivity index (χ1n) is 6.04. The van der Waals surface area contributed by atoms with Crippen molar-refractivity contribution in [3.8, 4) is 0 Å². The van der Waals surface area contributed by atoms with Crippen molar-refractivity contribution in [3.05, 3.63) is 42.7 Å². The van der Waals surface area contributed by atoms with E-state index in [0.717, 1.165) is 28.1 Å². The van der Waals surface area contributed by atoms with Gasteiger partial charge in [-0.25, -0.2) is 4.98 Å². The van der Waals surface area contributed by atoms with Crippen LogP contribution < -0.4 is 5.32 Å². The lowest BCUT2D eigenvalue weighted by Crippen LogP contribution is -1.98. The molecule has 0 unspecified atom stereocenters. The molecule has 0 aromatic carbocycles. The zero-order valence-electron chi connectivity index (χ0n) is 10.4. The quantitative estimate of drug-likeness (QED) is 0.790. The minimum atomic E-state index is 0.851. The molecule has 3 heterocycles. The summed E-state index contributed by atoms with van der Waals surface area (Å²) in [5.41, 5.74) is 0.853. The van der Waals surface area contributed by atoms with Crippen molar-refractivity contribution in [3.63, 3.8) is 0 Å². The average Bonchev–Trinajstić information content (AvgIpc) is 2.83. The molecule has 0 aliphatic rings. The van der Waals surface area contributed by atoms with Gasteiger partial charge in [-0.05, 0) is 43.0 Å². The molecular formula is C13H13N5S. The Bertz CT molecular complexity index is 694. The second-order valence-corrected chi connectivity index (χ2v) is 4.96. The van der Waals surface area contributed by atoms with E-state index in [-0.39, 0.29) is 0 Å². The van der Waals surface area contributed by atoms with Gasteiger partial charge in [0, 0.05) is 23.8 Å².